The molecule has 8 heteroatoms. The minimum absolute atomic E-state index is 0.0469. The second-order valence-electron chi connectivity index (χ2n) is 7.53. The maximum Gasteiger partial charge on any atom is 0.264 e. The zero-order valence-electron chi connectivity index (χ0n) is 17.9. The monoisotopic (exact) mass is 443 g/mol. The smallest absolute Gasteiger partial charge is 0.264 e. The van der Waals surface area contributed by atoms with Gasteiger partial charge in [0.15, 0.2) is 18.1 Å². The number of amides is 1. The first-order valence-electron chi connectivity index (χ1n) is 10.4. The molecule has 0 spiro atoms. The van der Waals surface area contributed by atoms with E-state index >= 15 is 0 Å². The summed E-state index contributed by atoms with van der Waals surface area (Å²) < 4.78 is 21.8. The van der Waals surface area contributed by atoms with Crippen molar-refractivity contribution in [3.05, 3.63) is 89.3 Å². The summed E-state index contributed by atoms with van der Waals surface area (Å²) in [6.07, 6.45) is 0. The molecule has 1 aliphatic heterocycles. The van der Waals surface area contributed by atoms with Crippen molar-refractivity contribution < 1.29 is 23.5 Å². The van der Waals surface area contributed by atoms with Crippen LogP contribution in [0, 0.1) is 6.92 Å². The number of fused-ring (bicyclic) bond motifs is 1. The van der Waals surface area contributed by atoms with E-state index in [1.165, 1.54) is 0 Å². The van der Waals surface area contributed by atoms with E-state index in [0.29, 0.717) is 41.1 Å². The Hall–Kier alpha value is -4.33. The standard InChI is InChI=1S/C25H21N3O5/c1-16-6-9-18(10-7-16)24-27-23(33-28-24)14-30-20-5-3-2-4-19(20)25(29)26-13-17-8-11-21-22(12-17)32-15-31-21/h2-12H,13-15H2,1H3,(H,26,29). The molecule has 0 fully saturated rings. The summed E-state index contributed by atoms with van der Waals surface area (Å²) in [4.78, 5) is 17.2. The lowest BCUT2D eigenvalue weighted by atomic mass is 10.1. The van der Waals surface area contributed by atoms with E-state index in [1.807, 2.05) is 49.4 Å². The molecular weight excluding hydrogens is 422 g/mol. The van der Waals surface area contributed by atoms with E-state index in [-0.39, 0.29) is 19.3 Å². The first kappa shape index (κ1) is 20.6. The quantitative estimate of drug-likeness (QED) is 0.455. The lowest BCUT2D eigenvalue weighted by molar-refractivity contribution is 0.0945. The fraction of sp³-hybridized carbons (Fsp3) is 0.160. The van der Waals surface area contributed by atoms with Crippen LogP contribution in [0.3, 0.4) is 0 Å². The van der Waals surface area contributed by atoms with Crippen LogP contribution >= 0.6 is 0 Å². The van der Waals surface area contributed by atoms with Gasteiger partial charge < -0.3 is 24.1 Å². The van der Waals surface area contributed by atoms with Crippen LogP contribution in [-0.2, 0) is 13.2 Å². The highest BCUT2D eigenvalue weighted by Gasteiger charge is 2.16. The molecule has 5 rings (SSSR count). The lowest BCUT2D eigenvalue weighted by Gasteiger charge is -2.11. The molecule has 0 aliphatic carbocycles. The minimum Gasteiger partial charge on any atom is -0.483 e. The molecule has 8 nitrogen and oxygen atoms in total. The van der Waals surface area contributed by atoms with Crippen LogP contribution in [0.5, 0.6) is 17.2 Å². The van der Waals surface area contributed by atoms with Gasteiger partial charge in [-0.2, -0.15) is 4.98 Å². The SMILES string of the molecule is Cc1ccc(-c2noc(COc3ccccc3C(=O)NCc3ccc4c(c3)OCO4)n2)cc1. The van der Waals surface area contributed by atoms with Crippen LogP contribution in [0.15, 0.2) is 71.3 Å². The molecule has 0 unspecified atom stereocenters. The van der Waals surface area contributed by atoms with Gasteiger partial charge in [-0.15, -0.1) is 0 Å². The Bertz CT molecular complexity index is 1280. The molecule has 1 N–H and O–H groups in total. The molecule has 3 aromatic carbocycles. The highest BCUT2D eigenvalue weighted by molar-refractivity contribution is 5.96. The van der Waals surface area contributed by atoms with E-state index in [4.69, 9.17) is 18.7 Å². The van der Waals surface area contributed by atoms with Gasteiger partial charge in [-0.05, 0) is 36.8 Å². The number of ether oxygens (including phenoxy) is 3. The summed E-state index contributed by atoms with van der Waals surface area (Å²) in [5, 5.41) is 6.92. The molecule has 0 saturated heterocycles. The molecule has 0 saturated carbocycles. The molecule has 2 heterocycles. The summed E-state index contributed by atoms with van der Waals surface area (Å²) >= 11 is 0. The van der Waals surface area contributed by atoms with Crippen LogP contribution < -0.4 is 19.5 Å². The number of benzene rings is 3. The third kappa shape index (κ3) is 4.64. The summed E-state index contributed by atoms with van der Waals surface area (Å²) in [6, 6.07) is 20.4. The van der Waals surface area contributed by atoms with E-state index in [0.717, 1.165) is 16.7 Å². The first-order valence-corrected chi connectivity index (χ1v) is 10.4. The Morgan fingerprint density at radius 1 is 1.03 bits per heavy atom. The maximum atomic E-state index is 12.8. The first-order chi connectivity index (χ1) is 16.2. The van der Waals surface area contributed by atoms with Gasteiger partial charge in [-0.1, -0.05) is 53.2 Å². The van der Waals surface area contributed by atoms with Crippen LogP contribution in [0.25, 0.3) is 11.4 Å². The molecule has 0 atom stereocenters. The van der Waals surface area contributed by atoms with Gasteiger partial charge in [-0.3, -0.25) is 4.79 Å². The molecule has 4 aromatic rings. The number of carbonyl (C=O) groups is 1. The van der Waals surface area contributed by atoms with Crippen molar-refractivity contribution in [2.75, 3.05) is 6.79 Å². The van der Waals surface area contributed by atoms with Crippen molar-refractivity contribution in [3.63, 3.8) is 0 Å². The van der Waals surface area contributed by atoms with Crippen molar-refractivity contribution in [1.82, 2.24) is 15.5 Å². The number of rotatable bonds is 7. The normalized spacial score (nSPS) is 11.9. The van der Waals surface area contributed by atoms with Crippen molar-refractivity contribution in [3.8, 4) is 28.6 Å². The second-order valence-corrected chi connectivity index (χ2v) is 7.53. The number of para-hydroxylation sites is 1. The number of nitrogens with one attached hydrogen (secondary N) is 1. The van der Waals surface area contributed by atoms with Crippen LogP contribution in [0.1, 0.15) is 27.4 Å². The summed E-state index contributed by atoms with van der Waals surface area (Å²) in [6.45, 7) is 2.61. The zero-order valence-corrected chi connectivity index (χ0v) is 17.9. The Kier molecular flexibility index (Phi) is 5.63. The minimum atomic E-state index is -0.255. The van der Waals surface area contributed by atoms with Gasteiger partial charge in [0.05, 0.1) is 5.56 Å². The second kappa shape index (κ2) is 9.04. The molecule has 1 amide bonds. The van der Waals surface area contributed by atoms with E-state index < -0.39 is 0 Å². The van der Waals surface area contributed by atoms with Crippen molar-refractivity contribution in [1.29, 1.82) is 0 Å². The molecule has 1 aliphatic rings. The fourth-order valence-corrected chi connectivity index (χ4v) is 3.38. The Labute approximate surface area is 190 Å². The molecule has 0 bridgehead atoms. The van der Waals surface area contributed by atoms with Gasteiger partial charge >= 0.3 is 0 Å². The Morgan fingerprint density at radius 3 is 2.73 bits per heavy atom. The van der Waals surface area contributed by atoms with Crippen molar-refractivity contribution in [2.45, 2.75) is 20.1 Å². The van der Waals surface area contributed by atoms with Crippen LogP contribution in [0.2, 0.25) is 0 Å². The number of hydrogen-bond acceptors (Lipinski definition) is 7. The third-order valence-corrected chi connectivity index (χ3v) is 5.15. The van der Waals surface area contributed by atoms with E-state index in [1.54, 1.807) is 24.3 Å². The maximum absolute atomic E-state index is 12.8. The average molecular weight is 443 g/mol. The lowest BCUT2D eigenvalue weighted by Crippen LogP contribution is -2.23. The van der Waals surface area contributed by atoms with Crippen molar-refractivity contribution >= 4 is 5.91 Å². The molecule has 0 radical (unpaired) electrons. The Balaban J connectivity index is 1.22. The Morgan fingerprint density at radius 2 is 1.85 bits per heavy atom. The van der Waals surface area contributed by atoms with Gasteiger partial charge in [-0.25, -0.2) is 0 Å². The van der Waals surface area contributed by atoms with Gasteiger partial charge in [0.25, 0.3) is 11.8 Å². The van der Waals surface area contributed by atoms with Crippen molar-refractivity contribution in [2.24, 2.45) is 0 Å². The largest absolute Gasteiger partial charge is 0.483 e. The van der Waals surface area contributed by atoms with E-state index in [9.17, 15) is 4.79 Å². The van der Waals surface area contributed by atoms with Crippen LogP contribution in [-0.4, -0.2) is 22.8 Å². The number of carbonyl (C=O) groups excluding carboxylic acids is 1. The topological polar surface area (TPSA) is 95.7 Å². The zero-order chi connectivity index (χ0) is 22.6. The number of hydrogen-bond donors (Lipinski definition) is 1. The number of aryl methyl sites for hydroxylation is 1. The van der Waals surface area contributed by atoms with Gasteiger partial charge in [0.1, 0.15) is 5.75 Å². The third-order valence-electron chi connectivity index (χ3n) is 5.15. The molecule has 33 heavy (non-hydrogen) atoms. The van der Waals surface area contributed by atoms with Gasteiger partial charge in [0.2, 0.25) is 12.6 Å². The number of aromatic nitrogens is 2. The van der Waals surface area contributed by atoms with Crippen LogP contribution in [0.4, 0.5) is 0 Å². The highest BCUT2D eigenvalue weighted by Crippen LogP contribution is 2.32. The summed E-state index contributed by atoms with van der Waals surface area (Å²) in [7, 11) is 0. The fourth-order valence-electron chi connectivity index (χ4n) is 3.38. The molecular formula is C25H21N3O5. The highest BCUT2D eigenvalue weighted by atomic mass is 16.7. The average Bonchev–Trinajstić information content (AvgIpc) is 3.51. The molecule has 166 valence electrons. The predicted octanol–water partition coefficient (Wildman–Crippen LogP) is 4.28. The molecule has 1 aromatic heterocycles. The summed E-state index contributed by atoms with van der Waals surface area (Å²) in [5.74, 6) is 2.36. The number of nitrogens with zero attached hydrogens (tertiary/aromatic N) is 2. The predicted molar refractivity (Wildman–Crippen MR) is 119 cm³/mol. The van der Waals surface area contributed by atoms with E-state index in [2.05, 4.69) is 15.5 Å². The van der Waals surface area contributed by atoms with Gasteiger partial charge in [0, 0.05) is 12.1 Å². The summed E-state index contributed by atoms with van der Waals surface area (Å²) in [5.41, 5.74) is 3.33.